The predicted octanol–water partition coefficient (Wildman–Crippen LogP) is 0.932. The first-order chi connectivity index (χ1) is 7.44. The van der Waals surface area contributed by atoms with Crippen molar-refractivity contribution in [3.63, 3.8) is 0 Å². The average molecular weight is 225 g/mol. The molecule has 1 saturated heterocycles. The van der Waals surface area contributed by atoms with Crippen LogP contribution in [0.5, 0.6) is 0 Å². The summed E-state index contributed by atoms with van der Waals surface area (Å²) in [5.74, 6) is -0.731. The first-order valence-electron chi connectivity index (χ1n) is 6.02. The van der Waals surface area contributed by atoms with Gasteiger partial charge in [0.1, 0.15) is 0 Å². The predicted molar refractivity (Wildman–Crippen MR) is 58.5 cm³/mol. The number of imide groups is 1. The van der Waals surface area contributed by atoms with E-state index in [1.165, 1.54) is 4.90 Å². The zero-order valence-corrected chi connectivity index (χ0v) is 9.90. The zero-order valence-electron chi connectivity index (χ0n) is 9.90. The van der Waals surface area contributed by atoms with Gasteiger partial charge in [0, 0.05) is 11.8 Å². The SMILES string of the molecule is CC1C(=O)N(CC2(O)CCCC2)C(=O)C1C. The van der Waals surface area contributed by atoms with Crippen molar-refractivity contribution in [1.82, 2.24) is 4.90 Å². The van der Waals surface area contributed by atoms with Gasteiger partial charge in [0.2, 0.25) is 11.8 Å². The molecule has 2 aliphatic rings. The van der Waals surface area contributed by atoms with E-state index in [1.807, 2.05) is 0 Å². The minimum atomic E-state index is -0.824. The fourth-order valence-corrected chi connectivity index (χ4v) is 2.67. The van der Waals surface area contributed by atoms with Gasteiger partial charge in [0.05, 0.1) is 12.1 Å². The van der Waals surface area contributed by atoms with Crippen molar-refractivity contribution >= 4 is 11.8 Å². The Balaban J connectivity index is 2.10. The molecule has 0 bridgehead atoms. The van der Waals surface area contributed by atoms with E-state index in [9.17, 15) is 14.7 Å². The van der Waals surface area contributed by atoms with E-state index < -0.39 is 5.60 Å². The van der Waals surface area contributed by atoms with Crippen LogP contribution in [-0.4, -0.2) is 34.0 Å². The third-order valence-corrected chi connectivity index (χ3v) is 4.05. The van der Waals surface area contributed by atoms with Gasteiger partial charge in [-0.3, -0.25) is 14.5 Å². The number of rotatable bonds is 2. The van der Waals surface area contributed by atoms with Crippen LogP contribution in [0, 0.1) is 11.8 Å². The fraction of sp³-hybridized carbons (Fsp3) is 0.833. The molecule has 0 spiro atoms. The number of carbonyl (C=O) groups is 2. The lowest BCUT2D eigenvalue weighted by molar-refractivity contribution is -0.143. The van der Waals surface area contributed by atoms with E-state index in [4.69, 9.17) is 0 Å². The monoisotopic (exact) mass is 225 g/mol. The van der Waals surface area contributed by atoms with Gasteiger partial charge in [-0.15, -0.1) is 0 Å². The molecule has 2 fully saturated rings. The summed E-state index contributed by atoms with van der Waals surface area (Å²) in [4.78, 5) is 25.0. The number of amides is 2. The summed E-state index contributed by atoms with van der Waals surface area (Å²) >= 11 is 0. The van der Waals surface area contributed by atoms with Crippen molar-refractivity contribution in [2.45, 2.75) is 45.1 Å². The molecule has 1 aliphatic heterocycles. The standard InChI is InChI=1S/C12H19NO3/c1-8-9(2)11(15)13(10(8)14)7-12(16)5-3-4-6-12/h8-9,16H,3-7H2,1-2H3. The lowest BCUT2D eigenvalue weighted by atomic mass is 10.00. The second-order valence-corrected chi connectivity index (χ2v) is 5.27. The van der Waals surface area contributed by atoms with E-state index in [2.05, 4.69) is 0 Å². The molecule has 16 heavy (non-hydrogen) atoms. The van der Waals surface area contributed by atoms with Crippen molar-refractivity contribution in [2.75, 3.05) is 6.54 Å². The summed E-state index contributed by atoms with van der Waals surface area (Å²) in [5, 5.41) is 10.2. The molecule has 1 heterocycles. The quantitative estimate of drug-likeness (QED) is 0.711. The van der Waals surface area contributed by atoms with Crippen LogP contribution < -0.4 is 0 Å². The normalized spacial score (nSPS) is 33.8. The highest BCUT2D eigenvalue weighted by Gasteiger charge is 2.46. The Labute approximate surface area is 95.6 Å². The van der Waals surface area contributed by atoms with Crippen LogP contribution in [-0.2, 0) is 9.59 Å². The lowest BCUT2D eigenvalue weighted by Gasteiger charge is -2.27. The van der Waals surface area contributed by atoms with E-state index in [0.717, 1.165) is 12.8 Å². The Morgan fingerprint density at radius 3 is 2.06 bits per heavy atom. The van der Waals surface area contributed by atoms with Crippen molar-refractivity contribution < 1.29 is 14.7 Å². The maximum atomic E-state index is 11.9. The molecule has 0 aromatic rings. The van der Waals surface area contributed by atoms with Gasteiger partial charge < -0.3 is 5.11 Å². The molecule has 0 aromatic carbocycles. The van der Waals surface area contributed by atoms with Crippen molar-refractivity contribution in [2.24, 2.45) is 11.8 Å². The first kappa shape index (κ1) is 11.6. The number of hydrogen-bond acceptors (Lipinski definition) is 3. The fourth-order valence-electron chi connectivity index (χ4n) is 2.67. The molecular weight excluding hydrogens is 206 g/mol. The van der Waals surface area contributed by atoms with Gasteiger partial charge in [0.15, 0.2) is 0 Å². The second kappa shape index (κ2) is 3.84. The maximum Gasteiger partial charge on any atom is 0.232 e. The lowest BCUT2D eigenvalue weighted by Crippen LogP contribution is -2.44. The Morgan fingerprint density at radius 1 is 1.19 bits per heavy atom. The summed E-state index contributed by atoms with van der Waals surface area (Å²) in [7, 11) is 0. The summed E-state index contributed by atoms with van der Waals surface area (Å²) in [5.41, 5.74) is -0.824. The highest BCUT2D eigenvalue weighted by molar-refractivity contribution is 6.04. The van der Waals surface area contributed by atoms with Gasteiger partial charge in [0.25, 0.3) is 0 Å². The van der Waals surface area contributed by atoms with Crippen LogP contribution in [0.2, 0.25) is 0 Å². The first-order valence-corrected chi connectivity index (χ1v) is 6.02. The Morgan fingerprint density at radius 2 is 1.62 bits per heavy atom. The molecule has 2 amide bonds. The van der Waals surface area contributed by atoms with Crippen LogP contribution in [0.1, 0.15) is 39.5 Å². The van der Waals surface area contributed by atoms with Crippen molar-refractivity contribution in [3.8, 4) is 0 Å². The molecule has 90 valence electrons. The molecule has 0 radical (unpaired) electrons. The van der Waals surface area contributed by atoms with E-state index in [0.29, 0.717) is 12.8 Å². The Kier molecular flexibility index (Phi) is 2.78. The zero-order chi connectivity index (χ0) is 11.9. The third kappa shape index (κ3) is 1.75. The number of nitrogens with zero attached hydrogens (tertiary/aromatic N) is 1. The summed E-state index contributed by atoms with van der Waals surface area (Å²) in [6.45, 7) is 3.76. The number of hydrogen-bond donors (Lipinski definition) is 1. The molecular formula is C12H19NO3. The topological polar surface area (TPSA) is 57.6 Å². The molecule has 4 heteroatoms. The van der Waals surface area contributed by atoms with Gasteiger partial charge in [-0.1, -0.05) is 26.7 Å². The van der Waals surface area contributed by atoms with Crippen molar-refractivity contribution in [3.05, 3.63) is 0 Å². The average Bonchev–Trinajstić information content (AvgIpc) is 2.75. The Hall–Kier alpha value is -0.900. The molecule has 1 saturated carbocycles. The minimum Gasteiger partial charge on any atom is -0.388 e. The van der Waals surface area contributed by atoms with Crippen LogP contribution in [0.15, 0.2) is 0 Å². The summed E-state index contributed by atoms with van der Waals surface area (Å²) in [6.07, 6.45) is 3.37. The molecule has 1 aliphatic carbocycles. The molecule has 2 rings (SSSR count). The second-order valence-electron chi connectivity index (χ2n) is 5.27. The third-order valence-electron chi connectivity index (χ3n) is 4.05. The summed E-state index contributed by atoms with van der Waals surface area (Å²) in [6, 6.07) is 0. The molecule has 2 unspecified atom stereocenters. The van der Waals surface area contributed by atoms with Crippen LogP contribution in [0.4, 0.5) is 0 Å². The van der Waals surface area contributed by atoms with Gasteiger partial charge in [-0.05, 0) is 12.8 Å². The maximum absolute atomic E-state index is 11.9. The van der Waals surface area contributed by atoms with Crippen molar-refractivity contribution in [1.29, 1.82) is 0 Å². The van der Waals surface area contributed by atoms with Crippen LogP contribution >= 0.6 is 0 Å². The van der Waals surface area contributed by atoms with E-state index in [-0.39, 0.29) is 30.2 Å². The smallest absolute Gasteiger partial charge is 0.232 e. The highest BCUT2D eigenvalue weighted by Crippen LogP contribution is 2.33. The van der Waals surface area contributed by atoms with Gasteiger partial charge in [-0.25, -0.2) is 0 Å². The largest absolute Gasteiger partial charge is 0.388 e. The summed E-state index contributed by atoms with van der Waals surface area (Å²) < 4.78 is 0. The molecule has 0 aromatic heterocycles. The van der Waals surface area contributed by atoms with Crippen LogP contribution in [0.3, 0.4) is 0 Å². The number of β-amino-alcohol motifs (C(OH)–C–C–N with tert-alkyl or cyclic N) is 1. The molecule has 2 atom stereocenters. The Bertz CT molecular complexity index is 300. The molecule has 4 nitrogen and oxygen atoms in total. The van der Waals surface area contributed by atoms with E-state index >= 15 is 0 Å². The minimum absolute atomic E-state index is 0.127. The molecule has 1 N–H and O–H groups in total. The van der Waals surface area contributed by atoms with Gasteiger partial charge in [-0.2, -0.15) is 0 Å². The van der Waals surface area contributed by atoms with Gasteiger partial charge >= 0.3 is 0 Å². The number of carbonyl (C=O) groups excluding carboxylic acids is 2. The highest BCUT2D eigenvalue weighted by atomic mass is 16.3. The number of aliphatic hydroxyl groups is 1. The number of likely N-dealkylation sites (tertiary alicyclic amines) is 1. The van der Waals surface area contributed by atoms with E-state index in [1.54, 1.807) is 13.8 Å². The van der Waals surface area contributed by atoms with Crippen LogP contribution in [0.25, 0.3) is 0 Å².